The zero-order valence-corrected chi connectivity index (χ0v) is 9.67. The average molecular weight is 209 g/mol. The minimum absolute atomic E-state index is 0.500. The van der Waals surface area contributed by atoms with Crippen LogP contribution in [0.2, 0.25) is 0 Å². The van der Waals surface area contributed by atoms with Crippen LogP contribution < -0.4 is 15.2 Å². The molecule has 0 atom stereocenters. The Hall–Kier alpha value is -1.22. The van der Waals surface area contributed by atoms with Gasteiger partial charge in [0, 0.05) is 12.1 Å². The first kappa shape index (κ1) is 11.9. The van der Waals surface area contributed by atoms with E-state index in [9.17, 15) is 0 Å². The molecule has 0 heterocycles. The predicted molar refractivity (Wildman–Crippen MR) is 61.4 cm³/mol. The molecule has 3 nitrogen and oxygen atoms in total. The molecule has 0 fully saturated rings. The van der Waals surface area contributed by atoms with E-state index in [4.69, 9.17) is 15.2 Å². The van der Waals surface area contributed by atoms with Crippen molar-refractivity contribution in [2.75, 3.05) is 13.2 Å². The lowest BCUT2D eigenvalue weighted by molar-refractivity contribution is 0.318. The molecule has 0 aromatic heterocycles. The molecule has 1 aromatic rings. The van der Waals surface area contributed by atoms with E-state index >= 15 is 0 Å². The monoisotopic (exact) mass is 209 g/mol. The predicted octanol–water partition coefficient (Wildman–Crippen LogP) is 2.25. The van der Waals surface area contributed by atoms with Crippen LogP contribution in [0.25, 0.3) is 0 Å². The van der Waals surface area contributed by atoms with Crippen molar-refractivity contribution in [3.8, 4) is 11.5 Å². The fraction of sp³-hybridized carbons (Fsp3) is 0.500. The second-order valence-corrected chi connectivity index (χ2v) is 3.29. The van der Waals surface area contributed by atoms with E-state index in [1.807, 2.05) is 32.9 Å². The summed E-state index contributed by atoms with van der Waals surface area (Å²) in [5.74, 6) is 1.73. The summed E-state index contributed by atoms with van der Waals surface area (Å²) in [4.78, 5) is 0. The maximum atomic E-state index is 5.62. The molecular weight excluding hydrogens is 190 g/mol. The van der Waals surface area contributed by atoms with Crippen molar-refractivity contribution in [1.82, 2.24) is 0 Å². The molecule has 0 aliphatic rings. The van der Waals surface area contributed by atoms with Crippen molar-refractivity contribution in [1.29, 1.82) is 0 Å². The van der Waals surface area contributed by atoms with Crippen LogP contribution in [-0.4, -0.2) is 13.2 Å². The van der Waals surface area contributed by atoms with Gasteiger partial charge in [0.2, 0.25) is 0 Å². The van der Waals surface area contributed by atoms with Crippen LogP contribution in [-0.2, 0) is 6.54 Å². The Labute approximate surface area is 91.2 Å². The molecule has 0 bridgehead atoms. The first-order valence-corrected chi connectivity index (χ1v) is 5.32. The van der Waals surface area contributed by atoms with Crippen LogP contribution in [0.15, 0.2) is 12.1 Å². The quantitative estimate of drug-likeness (QED) is 0.809. The fourth-order valence-electron chi connectivity index (χ4n) is 1.45. The number of hydrogen-bond acceptors (Lipinski definition) is 3. The largest absolute Gasteiger partial charge is 0.493 e. The summed E-state index contributed by atoms with van der Waals surface area (Å²) < 4.78 is 11.1. The van der Waals surface area contributed by atoms with Crippen LogP contribution in [0.4, 0.5) is 0 Å². The number of rotatable bonds is 5. The minimum Gasteiger partial charge on any atom is -0.493 e. The summed E-state index contributed by atoms with van der Waals surface area (Å²) in [6.45, 7) is 7.74. The summed E-state index contributed by atoms with van der Waals surface area (Å²) in [7, 11) is 0. The fourth-order valence-corrected chi connectivity index (χ4v) is 1.45. The highest BCUT2D eigenvalue weighted by atomic mass is 16.5. The normalized spacial score (nSPS) is 10.1. The molecule has 0 aliphatic heterocycles. The molecule has 0 radical (unpaired) electrons. The van der Waals surface area contributed by atoms with Crippen LogP contribution in [0.1, 0.15) is 25.0 Å². The maximum absolute atomic E-state index is 5.62. The number of ether oxygens (including phenoxy) is 2. The Balaban J connectivity index is 3.08. The number of benzene rings is 1. The van der Waals surface area contributed by atoms with Gasteiger partial charge >= 0.3 is 0 Å². The molecule has 0 saturated heterocycles. The van der Waals surface area contributed by atoms with E-state index in [2.05, 4.69) is 0 Å². The Morgan fingerprint density at radius 2 is 1.53 bits per heavy atom. The molecule has 3 heteroatoms. The molecule has 84 valence electrons. The standard InChI is InChI=1S/C12H19NO2/c1-4-14-11-6-10(8-13)7-12(9(11)3)15-5-2/h6-7H,4-5,8,13H2,1-3H3. The highest BCUT2D eigenvalue weighted by molar-refractivity contribution is 5.47. The Morgan fingerprint density at radius 3 is 1.87 bits per heavy atom. The van der Waals surface area contributed by atoms with Crippen molar-refractivity contribution in [3.05, 3.63) is 23.3 Å². The topological polar surface area (TPSA) is 44.5 Å². The summed E-state index contributed by atoms with van der Waals surface area (Å²) in [6, 6.07) is 3.95. The first-order chi connectivity index (χ1) is 7.22. The van der Waals surface area contributed by atoms with Crippen LogP contribution in [0.5, 0.6) is 11.5 Å². The third-order valence-electron chi connectivity index (χ3n) is 2.21. The van der Waals surface area contributed by atoms with Gasteiger partial charge in [-0.25, -0.2) is 0 Å². The number of nitrogens with two attached hydrogens (primary N) is 1. The first-order valence-electron chi connectivity index (χ1n) is 5.32. The van der Waals surface area contributed by atoms with Gasteiger partial charge in [0.25, 0.3) is 0 Å². The van der Waals surface area contributed by atoms with Crippen molar-refractivity contribution in [3.63, 3.8) is 0 Å². The van der Waals surface area contributed by atoms with Crippen molar-refractivity contribution < 1.29 is 9.47 Å². The summed E-state index contributed by atoms with van der Waals surface area (Å²) in [5.41, 5.74) is 7.69. The summed E-state index contributed by atoms with van der Waals surface area (Å²) in [6.07, 6.45) is 0. The molecule has 15 heavy (non-hydrogen) atoms. The van der Waals surface area contributed by atoms with Crippen LogP contribution in [0.3, 0.4) is 0 Å². The molecule has 0 spiro atoms. The van der Waals surface area contributed by atoms with E-state index in [0.29, 0.717) is 19.8 Å². The van der Waals surface area contributed by atoms with Crippen LogP contribution in [0, 0.1) is 6.92 Å². The number of hydrogen-bond donors (Lipinski definition) is 1. The van der Waals surface area contributed by atoms with Crippen molar-refractivity contribution >= 4 is 0 Å². The van der Waals surface area contributed by atoms with E-state index in [1.165, 1.54) is 0 Å². The lowest BCUT2D eigenvalue weighted by atomic mass is 10.1. The molecule has 2 N–H and O–H groups in total. The van der Waals surface area contributed by atoms with Gasteiger partial charge in [-0.2, -0.15) is 0 Å². The SMILES string of the molecule is CCOc1cc(CN)cc(OCC)c1C. The minimum atomic E-state index is 0.500. The Kier molecular flexibility index (Phi) is 4.43. The Bertz CT molecular complexity index is 296. The van der Waals surface area contributed by atoms with Gasteiger partial charge in [-0.1, -0.05) is 0 Å². The zero-order chi connectivity index (χ0) is 11.3. The second kappa shape index (κ2) is 5.61. The van der Waals surface area contributed by atoms with Gasteiger partial charge in [0.05, 0.1) is 13.2 Å². The van der Waals surface area contributed by atoms with Crippen molar-refractivity contribution in [2.45, 2.75) is 27.3 Å². The second-order valence-electron chi connectivity index (χ2n) is 3.29. The molecular formula is C12H19NO2. The van der Waals surface area contributed by atoms with E-state index in [-0.39, 0.29) is 0 Å². The highest BCUT2D eigenvalue weighted by Gasteiger charge is 2.08. The van der Waals surface area contributed by atoms with E-state index in [0.717, 1.165) is 22.6 Å². The highest BCUT2D eigenvalue weighted by Crippen LogP contribution is 2.29. The van der Waals surface area contributed by atoms with Gasteiger partial charge < -0.3 is 15.2 Å². The maximum Gasteiger partial charge on any atom is 0.126 e. The summed E-state index contributed by atoms with van der Waals surface area (Å²) in [5, 5.41) is 0. The molecule has 0 unspecified atom stereocenters. The lowest BCUT2D eigenvalue weighted by Gasteiger charge is -2.14. The van der Waals surface area contributed by atoms with Gasteiger partial charge in [-0.3, -0.25) is 0 Å². The average Bonchev–Trinajstić information content (AvgIpc) is 2.24. The molecule has 1 aromatic carbocycles. The summed E-state index contributed by atoms with van der Waals surface area (Å²) >= 11 is 0. The molecule has 0 amide bonds. The van der Waals surface area contributed by atoms with E-state index in [1.54, 1.807) is 0 Å². The van der Waals surface area contributed by atoms with Gasteiger partial charge in [-0.05, 0) is 38.5 Å². The van der Waals surface area contributed by atoms with Gasteiger partial charge in [-0.15, -0.1) is 0 Å². The van der Waals surface area contributed by atoms with Crippen molar-refractivity contribution in [2.24, 2.45) is 5.73 Å². The molecule has 0 saturated carbocycles. The van der Waals surface area contributed by atoms with E-state index < -0.39 is 0 Å². The molecule has 1 rings (SSSR count). The van der Waals surface area contributed by atoms with Gasteiger partial charge in [0.15, 0.2) is 0 Å². The zero-order valence-electron chi connectivity index (χ0n) is 9.67. The van der Waals surface area contributed by atoms with Crippen LogP contribution >= 0.6 is 0 Å². The molecule has 0 aliphatic carbocycles. The lowest BCUT2D eigenvalue weighted by Crippen LogP contribution is -2.03. The third kappa shape index (κ3) is 2.86. The smallest absolute Gasteiger partial charge is 0.126 e. The third-order valence-corrected chi connectivity index (χ3v) is 2.21. The van der Waals surface area contributed by atoms with Gasteiger partial charge in [0.1, 0.15) is 11.5 Å². The Morgan fingerprint density at radius 1 is 1.07 bits per heavy atom.